The fourth-order valence-electron chi connectivity index (χ4n) is 3.90. The van der Waals surface area contributed by atoms with Crippen LogP contribution in [0.3, 0.4) is 0 Å². The molecule has 1 aromatic carbocycles. The van der Waals surface area contributed by atoms with Crippen LogP contribution < -0.4 is 5.73 Å². The molecule has 0 spiro atoms. The van der Waals surface area contributed by atoms with Crippen LogP contribution in [0.4, 0.5) is 0 Å². The quantitative estimate of drug-likeness (QED) is 0.832. The number of fused-ring (bicyclic) bond motifs is 2. The van der Waals surface area contributed by atoms with Crippen LogP contribution in [-0.4, -0.2) is 12.1 Å². The van der Waals surface area contributed by atoms with Gasteiger partial charge in [0, 0.05) is 11.5 Å². The molecule has 5 nitrogen and oxygen atoms in total. The standard InChI is InChI=1S/C21H18N2O3/c1-12(13-7-3-2-4-8-13)17-15(11-22)20(23)26-19-14-9-5-6-10-16(14)25-21(24)18(17)19/h2-10,12,16-18H,23H2,1H3. The van der Waals surface area contributed by atoms with E-state index in [1.54, 1.807) is 6.08 Å². The van der Waals surface area contributed by atoms with E-state index in [-0.39, 0.29) is 17.8 Å². The van der Waals surface area contributed by atoms with Crippen molar-refractivity contribution >= 4 is 5.97 Å². The Labute approximate surface area is 151 Å². The minimum absolute atomic E-state index is 0.0652. The summed E-state index contributed by atoms with van der Waals surface area (Å²) in [4.78, 5) is 12.8. The van der Waals surface area contributed by atoms with Crippen LogP contribution in [-0.2, 0) is 14.3 Å². The van der Waals surface area contributed by atoms with Crippen molar-refractivity contribution < 1.29 is 14.3 Å². The van der Waals surface area contributed by atoms with E-state index in [0.717, 1.165) is 11.1 Å². The number of nitriles is 1. The molecule has 1 aromatic rings. The summed E-state index contributed by atoms with van der Waals surface area (Å²) in [6, 6.07) is 11.9. The monoisotopic (exact) mass is 346 g/mol. The Morgan fingerprint density at radius 2 is 2.00 bits per heavy atom. The zero-order valence-electron chi connectivity index (χ0n) is 14.3. The van der Waals surface area contributed by atoms with E-state index >= 15 is 0 Å². The van der Waals surface area contributed by atoms with Crippen molar-refractivity contribution in [1.29, 1.82) is 5.26 Å². The molecule has 0 aromatic heterocycles. The van der Waals surface area contributed by atoms with Gasteiger partial charge in [0.05, 0.1) is 5.57 Å². The molecule has 4 unspecified atom stereocenters. The molecule has 2 aliphatic heterocycles. The number of ether oxygens (including phenoxy) is 2. The molecule has 0 saturated carbocycles. The van der Waals surface area contributed by atoms with E-state index in [1.807, 2.05) is 55.5 Å². The first kappa shape index (κ1) is 16.2. The Bertz CT molecular complexity index is 918. The molecule has 1 aliphatic carbocycles. The van der Waals surface area contributed by atoms with Gasteiger partial charge in [0.25, 0.3) is 0 Å². The highest BCUT2D eigenvalue weighted by atomic mass is 16.6. The van der Waals surface area contributed by atoms with E-state index < -0.39 is 17.9 Å². The minimum Gasteiger partial charge on any atom is -0.452 e. The van der Waals surface area contributed by atoms with Crippen molar-refractivity contribution in [2.24, 2.45) is 17.6 Å². The number of allylic oxidation sites excluding steroid dienone is 3. The average molecular weight is 346 g/mol. The maximum atomic E-state index is 12.8. The van der Waals surface area contributed by atoms with Crippen LogP contribution in [0.5, 0.6) is 0 Å². The van der Waals surface area contributed by atoms with Crippen LogP contribution in [0.15, 0.2) is 77.4 Å². The number of carbonyl (C=O) groups excluding carboxylic acids is 1. The third kappa shape index (κ3) is 2.42. The van der Waals surface area contributed by atoms with Gasteiger partial charge < -0.3 is 15.2 Å². The van der Waals surface area contributed by atoms with Gasteiger partial charge in [0.2, 0.25) is 5.88 Å². The second-order valence-electron chi connectivity index (χ2n) is 6.62. The van der Waals surface area contributed by atoms with E-state index in [9.17, 15) is 10.1 Å². The first-order chi connectivity index (χ1) is 12.6. The number of esters is 1. The highest BCUT2D eigenvalue weighted by Gasteiger charge is 2.49. The number of nitrogens with two attached hydrogens (primary N) is 1. The summed E-state index contributed by atoms with van der Waals surface area (Å²) in [5.74, 6) is -1.06. The van der Waals surface area contributed by atoms with Crippen LogP contribution in [0, 0.1) is 23.2 Å². The van der Waals surface area contributed by atoms with Gasteiger partial charge in [0.15, 0.2) is 0 Å². The smallest absolute Gasteiger partial charge is 0.318 e. The molecule has 4 atom stereocenters. The van der Waals surface area contributed by atoms with Gasteiger partial charge in [-0.2, -0.15) is 5.26 Å². The first-order valence-corrected chi connectivity index (χ1v) is 8.53. The van der Waals surface area contributed by atoms with E-state index in [2.05, 4.69) is 6.07 Å². The summed E-state index contributed by atoms with van der Waals surface area (Å²) in [7, 11) is 0. The maximum absolute atomic E-state index is 12.8. The van der Waals surface area contributed by atoms with Gasteiger partial charge in [-0.25, -0.2) is 0 Å². The molecule has 5 heteroatoms. The predicted octanol–water partition coefficient (Wildman–Crippen LogP) is 3.05. The first-order valence-electron chi connectivity index (χ1n) is 8.53. The van der Waals surface area contributed by atoms with Gasteiger partial charge in [-0.05, 0) is 17.6 Å². The lowest BCUT2D eigenvalue weighted by atomic mass is 9.71. The number of nitrogens with zero attached hydrogens (tertiary/aromatic N) is 1. The summed E-state index contributed by atoms with van der Waals surface area (Å²) in [5.41, 5.74) is 8.18. The van der Waals surface area contributed by atoms with Crippen molar-refractivity contribution in [3.63, 3.8) is 0 Å². The number of carbonyl (C=O) groups is 1. The topological polar surface area (TPSA) is 85.3 Å². The molecule has 0 amide bonds. The Balaban J connectivity index is 1.87. The Kier molecular flexibility index (Phi) is 3.89. The SMILES string of the molecule is CC(c1ccccc1)C1C(C#N)=C(N)OC2=C3C=CC=CC3OC(=O)C21. The van der Waals surface area contributed by atoms with Crippen LogP contribution in [0.1, 0.15) is 18.4 Å². The van der Waals surface area contributed by atoms with E-state index in [0.29, 0.717) is 11.3 Å². The second-order valence-corrected chi connectivity index (χ2v) is 6.62. The molecule has 3 aliphatic rings. The van der Waals surface area contributed by atoms with Crippen molar-refractivity contribution in [3.05, 3.63) is 83.0 Å². The molecule has 2 N–H and O–H groups in total. The molecular formula is C21H18N2O3. The van der Waals surface area contributed by atoms with E-state index in [1.165, 1.54) is 0 Å². The molecule has 26 heavy (non-hydrogen) atoms. The van der Waals surface area contributed by atoms with Gasteiger partial charge in [-0.1, -0.05) is 55.5 Å². The molecule has 0 bridgehead atoms. The Morgan fingerprint density at radius 1 is 1.23 bits per heavy atom. The lowest BCUT2D eigenvalue weighted by molar-refractivity contribution is -0.155. The summed E-state index contributed by atoms with van der Waals surface area (Å²) < 4.78 is 11.4. The van der Waals surface area contributed by atoms with Crippen molar-refractivity contribution in [3.8, 4) is 6.07 Å². The maximum Gasteiger partial charge on any atom is 0.318 e. The third-order valence-corrected chi connectivity index (χ3v) is 5.21. The predicted molar refractivity (Wildman–Crippen MR) is 94.9 cm³/mol. The number of rotatable bonds is 2. The molecule has 0 radical (unpaired) electrons. The minimum atomic E-state index is -0.686. The Hall–Kier alpha value is -3.26. The average Bonchev–Trinajstić information content (AvgIpc) is 2.67. The fraction of sp³-hybridized carbons (Fsp3) is 0.238. The molecule has 4 rings (SSSR count). The van der Waals surface area contributed by atoms with Gasteiger partial charge in [-0.3, -0.25) is 4.79 Å². The zero-order valence-corrected chi connectivity index (χ0v) is 14.3. The van der Waals surface area contributed by atoms with Crippen molar-refractivity contribution in [1.82, 2.24) is 0 Å². The summed E-state index contributed by atoms with van der Waals surface area (Å²) >= 11 is 0. The lowest BCUT2D eigenvalue weighted by Gasteiger charge is -2.40. The largest absolute Gasteiger partial charge is 0.452 e. The molecular weight excluding hydrogens is 328 g/mol. The van der Waals surface area contributed by atoms with Gasteiger partial charge in [0.1, 0.15) is 23.9 Å². The zero-order chi connectivity index (χ0) is 18.3. The lowest BCUT2D eigenvalue weighted by Crippen LogP contribution is -2.43. The molecule has 0 saturated heterocycles. The summed E-state index contributed by atoms with van der Waals surface area (Å²) in [5, 5.41) is 9.68. The van der Waals surface area contributed by atoms with Crippen LogP contribution in [0.2, 0.25) is 0 Å². The summed E-state index contributed by atoms with van der Waals surface area (Å²) in [6.07, 6.45) is 6.90. The normalized spacial score (nSPS) is 27.8. The molecule has 130 valence electrons. The highest BCUT2D eigenvalue weighted by molar-refractivity contribution is 5.80. The third-order valence-electron chi connectivity index (χ3n) is 5.21. The van der Waals surface area contributed by atoms with Crippen LogP contribution >= 0.6 is 0 Å². The van der Waals surface area contributed by atoms with Gasteiger partial charge in [-0.15, -0.1) is 0 Å². The summed E-state index contributed by atoms with van der Waals surface area (Å²) in [6.45, 7) is 1.99. The van der Waals surface area contributed by atoms with Gasteiger partial charge >= 0.3 is 5.97 Å². The van der Waals surface area contributed by atoms with E-state index in [4.69, 9.17) is 15.2 Å². The van der Waals surface area contributed by atoms with Crippen molar-refractivity contribution in [2.45, 2.75) is 18.9 Å². The highest BCUT2D eigenvalue weighted by Crippen LogP contribution is 2.47. The number of benzene rings is 1. The number of hydrogen-bond donors (Lipinski definition) is 1. The molecule has 2 heterocycles. The van der Waals surface area contributed by atoms with Crippen LogP contribution in [0.25, 0.3) is 0 Å². The molecule has 0 fully saturated rings. The van der Waals surface area contributed by atoms with Crippen molar-refractivity contribution in [2.75, 3.05) is 0 Å². The fourth-order valence-corrected chi connectivity index (χ4v) is 3.90. The Morgan fingerprint density at radius 3 is 2.73 bits per heavy atom. The number of hydrogen-bond acceptors (Lipinski definition) is 5. The second kappa shape index (κ2) is 6.23.